The zero-order chi connectivity index (χ0) is 48.6. The van der Waals surface area contributed by atoms with Crippen molar-refractivity contribution in [3.8, 4) is 0 Å². The Balaban J connectivity index is 3.60. The van der Waals surface area contributed by atoms with Crippen LogP contribution in [0.2, 0.25) is 0 Å². The molecule has 0 fully saturated rings. The van der Waals surface area contributed by atoms with Gasteiger partial charge in [-0.25, -0.2) is 0 Å². The molecule has 4 N–H and O–H groups in total. The lowest BCUT2D eigenvalue weighted by Gasteiger charge is -2.21. The Morgan fingerprint density at radius 1 is 0.373 bits per heavy atom. The lowest BCUT2D eigenvalue weighted by molar-refractivity contribution is -0.124. The summed E-state index contributed by atoms with van der Waals surface area (Å²) in [5, 5.41) is 33.5. The van der Waals surface area contributed by atoms with E-state index in [0.717, 1.165) is 38.5 Å². The molecule has 5 nitrogen and oxygen atoms in total. The SMILES string of the molecule is CCCCCCCCCCCCCC/C=C\CCCCCCCCCCCCCCCC(O)CC(=O)NC(CO)C(O)/C=C/CC/C=C/CC/C=C/CCCCCCCCCCCCCCC. The van der Waals surface area contributed by atoms with Crippen molar-refractivity contribution < 1.29 is 20.1 Å². The van der Waals surface area contributed by atoms with Crippen molar-refractivity contribution in [3.63, 3.8) is 0 Å². The number of allylic oxidation sites excluding steroid dienone is 7. The molecule has 0 spiro atoms. The summed E-state index contributed by atoms with van der Waals surface area (Å²) in [6, 6.07) is -0.769. The fraction of sp³-hybridized carbons (Fsp3) is 0.855. The summed E-state index contributed by atoms with van der Waals surface area (Å²) in [5.41, 5.74) is 0. The van der Waals surface area contributed by atoms with Crippen molar-refractivity contribution in [1.29, 1.82) is 0 Å². The van der Waals surface area contributed by atoms with Gasteiger partial charge in [-0.3, -0.25) is 4.79 Å². The van der Waals surface area contributed by atoms with Gasteiger partial charge in [-0.15, -0.1) is 0 Å². The predicted molar refractivity (Wildman–Crippen MR) is 296 cm³/mol. The van der Waals surface area contributed by atoms with E-state index in [1.54, 1.807) is 6.08 Å². The predicted octanol–water partition coefficient (Wildman–Crippen LogP) is 18.8. The van der Waals surface area contributed by atoms with Gasteiger partial charge in [0.25, 0.3) is 0 Å². The van der Waals surface area contributed by atoms with Crippen molar-refractivity contribution in [1.82, 2.24) is 5.32 Å². The molecular formula is C62H117NO4. The standard InChI is InChI=1S/C62H117NO4/c1-3-5-7-9-11-13-15-17-19-21-23-25-27-28-29-30-31-32-34-35-37-39-41-43-45-47-49-51-53-55-59(65)57-62(67)63-60(58-64)61(66)56-54-52-50-48-46-44-42-40-38-36-33-26-24-22-20-18-16-14-12-10-8-6-4-2/h28-29,38,40,46,48,54,56,59-61,64-66H,3-27,30-37,39,41-45,47,49-53,55,57-58H2,1-2H3,(H,63,67)/b29-28-,40-38+,48-46+,56-54+. The summed E-state index contributed by atoms with van der Waals surface area (Å²) in [7, 11) is 0. The van der Waals surface area contributed by atoms with Gasteiger partial charge in [0.05, 0.1) is 31.3 Å². The second-order valence-corrected chi connectivity index (χ2v) is 20.6. The van der Waals surface area contributed by atoms with E-state index in [9.17, 15) is 20.1 Å². The fourth-order valence-corrected chi connectivity index (χ4v) is 9.25. The summed E-state index contributed by atoms with van der Waals surface area (Å²) in [4.78, 5) is 12.5. The van der Waals surface area contributed by atoms with E-state index in [-0.39, 0.29) is 18.9 Å². The van der Waals surface area contributed by atoms with Crippen LogP contribution in [0.25, 0.3) is 0 Å². The molecular weight excluding hydrogens is 823 g/mol. The topological polar surface area (TPSA) is 89.8 Å². The maximum atomic E-state index is 12.5. The van der Waals surface area contributed by atoms with Gasteiger partial charge in [0.2, 0.25) is 5.91 Å². The first-order valence-electron chi connectivity index (χ1n) is 29.9. The first kappa shape index (κ1) is 65.3. The van der Waals surface area contributed by atoms with Gasteiger partial charge in [-0.1, -0.05) is 287 Å². The van der Waals surface area contributed by atoms with Gasteiger partial charge in [0.15, 0.2) is 0 Å². The van der Waals surface area contributed by atoms with Gasteiger partial charge in [0.1, 0.15) is 0 Å². The number of aliphatic hydroxyl groups excluding tert-OH is 3. The average Bonchev–Trinajstić information content (AvgIpc) is 3.32. The molecule has 394 valence electrons. The van der Waals surface area contributed by atoms with Crippen molar-refractivity contribution in [2.45, 2.75) is 334 Å². The fourth-order valence-electron chi connectivity index (χ4n) is 9.25. The molecule has 0 aliphatic carbocycles. The third-order valence-electron chi connectivity index (χ3n) is 13.8. The van der Waals surface area contributed by atoms with Crippen molar-refractivity contribution in [2.75, 3.05) is 6.61 Å². The number of carbonyl (C=O) groups excluding carboxylic acids is 1. The Bertz CT molecular complexity index is 1080. The normalized spacial score (nSPS) is 13.6. The Hall–Kier alpha value is -1.69. The minimum Gasteiger partial charge on any atom is -0.394 e. The number of hydrogen-bond donors (Lipinski definition) is 4. The Labute approximate surface area is 418 Å². The van der Waals surface area contributed by atoms with E-state index < -0.39 is 18.2 Å². The van der Waals surface area contributed by atoms with Crippen molar-refractivity contribution in [3.05, 3.63) is 48.6 Å². The molecule has 0 rings (SSSR count). The summed E-state index contributed by atoms with van der Waals surface area (Å²) in [6.07, 6.45) is 76.0. The molecule has 0 aliphatic rings. The van der Waals surface area contributed by atoms with Gasteiger partial charge < -0.3 is 20.6 Å². The Morgan fingerprint density at radius 2 is 0.642 bits per heavy atom. The van der Waals surface area contributed by atoms with Crippen LogP contribution in [0.1, 0.15) is 316 Å². The lowest BCUT2D eigenvalue weighted by Crippen LogP contribution is -2.45. The molecule has 3 atom stereocenters. The third-order valence-corrected chi connectivity index (χ3v) is 13.8. The number of unbranched alkanes of at least 4 members (excludes halogenated alkanes) is 40. The van der Waals surface area contributed by atoms with Crippen LogP contribution in [-0.2, 0) is 4.79 Å². The quantitative estimate of drug-likeness (QED) is 0.0361. The highest BCUT2D eigenvalue weighted by atomic mass is 16.3. The van der Waals surface area contributed by atoms with Crippen LogP contribution in [0.3, 0.4) is 0 Å². The van der Waals surface area contributed by atoms with E-state index in [2.05, 4.69) is 55.6 Å². The van der Waals surface area contributed by atoms with Crippen LogP contribution in [0, 0.1) is 0 Å². The number of carbonyl (C=O) groups is 1. The molecule has 0 aliphatic heterocycles. The zero-order valence-electron chi connectivity index (χ0n) is 45.0. The summed E-state index contributed by atoms with van der Waals surface area (Å²) in [6.45, 7) is 4.23. The average molecular weight is 941 g/mol. The molecule has 0 aromatic rings. The molecule has 3 unspecified atom stereocenters. The molecule has 0 saturated heterocycles. The molecule has 1 amide bonds. The second kappa shape index (κ2) is 56.9. The number of hydrogen-bond acceptors (Lipinski definition) is 4. The van der Waals surface area contributed by atoms with Crippen molar-refractivity contribution >= 4 is 5.91 Å². The van der Waals surface area contributed by atoms with E-state index in [1.807, 2.05) is 6.08 Å². The largest absolute Gasteiger partial charge is 0.394 e. The maximum absolute atomic E-state index is 12.5. The Kier molecular flexibility index (Phi) is 55.5. The van der Waals surface area contributed by atoms with Gasteiger partial charge in [-0.2, -0.15) is 0 Å². The van der Waals surface area contributed by atoms with Crippen LogP contribution in [0.15, 0.2) is 48.6 Å². The van der Waals surface area contributed by atoms with Crippen LogP contribution in [0.5, 0.6) is 0 Å². The molecule has 5 heteroatoms. The van der Waals surface area contributed by atoms with Gasteiger partial charge >= 0.3 is 0 Å². The zero-order valence-corrected chi connectivity index (χ0v) is 45.0. The summed E-state index contributed by atoms with van der Waals surface area (Å²) >= 11 is 0. The minimum absolute atomic E-state index is 0.00292. The number of aliphatic hydroxyl groups is 3. The smallest absolute Gasteiger partial charge is 0.222 e. The van der Waals surface area contributed by atoms with E-state index in [4.69, 9.17) is 0 Å². The minimum atomic E-state index is -0.962. The third kappa shape index (κ3) is 53.5. The molecule has 0 aromatic carbocycles. The van der Waals surface area contributed by atoms with Gasteiger partial charge in [0, 0.05) is 0 Å². The first-order chi connectivity index (χ1) is 33.0. The summed E-state index contributed by atoms with van der Waals surface area (Å²) < 4.78 is 0. The molecule has 0 saturated carbocycles. The van der Waals surface area contributed by atoms with E-state index in [0.29, 0.717) is 6.42 Å². The monoisotopic (exact) mass is 940 g/mol. The lowest BCUT2D eigenvalue weighted by atomic mass is 10.0. The van der Waals surface area contributed by atoms with Crippen LogP contribution < -0.4 is 5.32 Å². The van der Waals surface area contributed by atoms with Crippen LogP contribution in [0.4, 0.5) is 0 Å². The molecule has 0 bridgehead atoms. The molecule has 0 heterocycles. The molecule has 0 aromatic heterocycles. The van der Waals surface area contributed by atoms with E-state index >= 15 is 0 Å². The number of nitrogens with one attached hydrogen (secondary N) is 1. The first-order valence-corrected chi connectivity index (χ1v) is 29.9. The van der Waals surface area contributed by atoms with Crippen LogP contribution >= 0.6 is 0 Å². The highest BCUT2D eigenvalue weighted by Crippen LogP contribution is 2.17. The highest BCUT2D eigenvalue weighted by molar-refractivity contribution is 5.76. The van der Waals surface area contributed by atoms with E-state index in [1.165, 1.54) is 250 Å². The molecule has 67 heavy (non-hydrogen) atoms. The van der Waals surface area contributed by atoms with Crippen LogP contribution in [-0.4, -0.2) is 46.1 Å². The highest BCUT2D eigenvalue weighted by Gasteiger charge is 2.20. The number of rotatable bonds is 55. The maximum Gasteiger partial charge on any atom is 0.222 e. The molecule has 0 radical (unpaired) electrons. The second-order valence-electron chi connectivity index (χ2n) is 20.6. The summed E-state index contributed by atoms with van der Waals surface area (Å²) in [5.74, 6) is -0.326. The van der Waals surface area contributed by atoms with Crippen molar-refractivity contribution in [2.24, 2.45) is 0 Å². The Morgan fingerprint density at radius 3 is 0.955 bits per heavy atom. The van der Waals surface area contributed by atoms with Gasteiger partial charge in [-0.05, 0) is 70.6 Å². The number of amides is 1.